The molecule has 1 amide bonds. The predicted octanol–water partition coefficient (Wildman–Crippen LogP) is 0.999. The number of amides is 1. The number of carbonyl (C=O) groups excluding carboxylic acids is 3. The molecule has 1 fully saturated rings. The number of methoxy groups -OCH3 is 2. The number of benzene rings is 1. The van der Waals surface area contributed by atoms with Gasteiger partial charge in [0, 0.05) is 18.8 Å². The van der Waals surface area contributed by atoms with Crippen LogP contribution in [0.15, 0.2) is 18.2 Å². The number of halogens is 1. The number of rotatable bonds is 5. The van der Waals surface area contributed by atoms with Crippen molar-refractivity contribution in [3.05, 3.63) is 29.3 Å². The maximum atomic E-state index is 12.1. The Morgan fingerprint density at radius 3 is 2.24 bits per heavy atom. The average Bonchev–Trinajstić information content (AvgIpc) is 2.60. The third-order valence-electron chi connectivity index (χ3n) is 3.48. The van der Waals surface area contributed by atoms with Crippen molar-refractivity contribution < 1.29 is 28.6 Å². The molecule has 1 aliphatic rings. The van der Waals surface area contributed by atoms with E-state index >= 15 is 0 Å². The third kappa shape index (κ3) is 6.00. The molecule has 1 unspecified atom stereocenters. The molecule has 1 saturated heterocycles. The number of hydrogen-bond donors (Lipinski definition) is 2. The highest BCUT2D eigenvalue weighted by Crippen LogP contribution is 2.18. The fourth-order valence-corrected chi connectivity index (χ4v) is 2.34. The zero-order chi connectivity index (χ0) is 17.5. The Balaban J connectivity index is 0.00000312. The summed E-state index contributed by atoms with van der Waals surface area (Å²) >= 11 is 0. The smallest absolute Gasteiger partial charge is 0.337 e. The van der Waals surface area contributed by atoms with Crippen molar-refractivity contribution in [3.8, 4) is 0 Å². The zero-order valence-corrected chi connectivity index (χ0v) is 14.8. The first kappa shape index (κ1) is 20.9. The molecule has 25 heavy (non-hydrogen) atoms. The second kappa shape index (κ2) is 9.97. The SMILES string of the molecule is COC(=O)c1cc(NC(=O)CC2CNCCO2)cc(C(=O)OC)c1.Cl. The van der Waals surface area contributed by atoms with E-state index < -0.39 is 11.9 Å². The van der Waals surface area contributed by atoms with Crippen LogP contribution < -0.4 is 10.6 Å². The summed E-state index contributed by atoms with van der Waals surface area (Å²) in [5.41, 5.74) is 0.602. The second-order valence-electron chi connectivity index (χ2n) is 5.23. The molecule has 0 spiro atoms. The average molecular weight is 373 g/mol. The van der Waals surface area contributed by atoms with Gasteiger partial charge in [0.1, 0.15) is 0 Å². The van der Waals surface area contributed by atoms with Gasteiger partial charge in [-0.1, -0.05) is 0 Å². The Labute approximate surface area is 151 Å². The van der Waals surface area contributed by atoms with Crippen LogP contribution in [0.2, 0.25) is 0 Å². The van der Waals surface area contributed by atoms with Crippen molar-refractivity contribution in [1.29, 1.82) is 0 Å². The first-order valence-corrected chi connectivity index (χ1v) is 7.47. The summed E-state index contributed by atoms with van der Waals surface area (Å²) in [5.74, 6) is -1.51. The highest BCUT2D eigenvalue weighted by atomic mass is 35.5. The number of hydrogen-bond acceptors (Lipinski definition) is 7. The van der Waals surface area contributed by atoms with Crippen molar-refractivity contribution in [3.63, 3.8) is 0 Å². The Hall–Kier alpha value is -2.16. The van der Waals surface area contributed by atoms with Gasteiger partial charge in [-0.05, 0) is 18.2 Å². The lowest BCUT2D eigenvalue weighted by atomic mass is 10.1. The third-order valence-corrected chi connectivity index (χ3v) is 3.48. The van der Waals surface area contributed by atoms with Crippen LogP contribution in [0.1, 0.15) is 27.1 Å². The number of esters is 2. The molecular formula is C16H21ClN2O6. The highest BCUT2D eigenvalue weighted by molar-refractivity contribution is 5.99. The van der Waals surface area contributed by atoms with Gasteiger partial charge in [-0.15, -0.1) is 12.4 Å². The largest absolute Gasteiger partial charge is 0.465 e. The standard InChI is InChI=1S/C16H20N2O6.ClH/c1-22-15(20)10-5-11(16(21)23-2)7-12(6-10)18-14(19)8-13-9-17-3-4-24-13;/h5-7,13,17H,3-4,8-9H2,1-2H3,(H,18,19);1H. The Morgan fingerprint density at radius 2 is 1.76 bits per heavy atom. The van der Waals surface area contributed by atoms with Gasteiger partial charge in [0.15, 0.2) is 0 Å². The normalized spacial score (nSPS) is 16.3. The lowest BCUT2D eigenvalue weighted by Gasteiger charge is -2.23. The van der Waals surface area contributed by atoms with Gasteiger partial charge in [-0.2, -0.15) is 0 Å². The summed E-state index contributed by atoms with van der Waals surface area (Å²) in [5, 5.41) is 5.81. The molecule has 8 nitrogen and oxygen atoms in total. The molecular weight excluding hydrogens is 352 g/mol. The number of ether oxygens (including phenoxy) is 3. The minimum Gasteiger partial charge on any atom is -0.465 e. The van der Waals surface area contributed by atoms with E-state index in [1.165, 1.54) is 32.4 Å². The van der Waals surface area contributed by atoms with Crippen LogP contribution >= 0.6 is 12.4 Å². The lowest BCUT2D eigenvalue weighted by Crippen LogP contribution is -2.40. The molecule has 0 saturated carbocycles. The summed E-state index contributed by atoms with van der Waals surface area (Å²) < 4.78 is 14.8. The molecule has 2 N–H and O–H groups in total. The quantitative estimate of drug-likeness (QED) is 0.743. The Bertz CT molecular complexity index is 597. The van der Waals surface area contributed by atoms with Crippen LogP contribution in [-0.2, 0) is 19.0 Å². The van der Waals surface area contributed by atoms with Crippen molar-refractivity contribution in [1.82, 2.24) is 5.32 Å². The van der Waals surface area contributed by atoms with Crippen molar-refractivity contribution in [2.24, 2.45) is 0 Å². The molecule has 1 aromatic rings. The van der Waals surface area contributed by atoms with E-state index in [0.29, 0.717) is 18.8 Å². The monoisotopic (exact) mass is 372 g/mol. The van der Waals surface area contributed by atoms with Gasteiger partial charge >= 0.3 is 11.9 Å². The summed E-state index contributed by atoms with van der Waals surface area (Å²) in [7, 11) is 2.47. The molecule has 138 valence electrons. The summed E-state index contributed by atoms with van der Waals surface area (Å²) in [6.07, 6.45) is -0.0363. The minimum absolute atomic E-state index is 0. The van der Waals surface area contributed by atoms with E-state index in [1.807, 2.05) is 0 Å². The molecule has 0 radical (unpaired) electrons. The van der Waals surface area contributed by atoms with E-state index in [9.17, 15) is 14.4 Å². The van der Waals surface area contributed by atoms with Gasteiger partial charge < -0.3 is 24.8 Å². The van der Waals surface area contributed by atoms with E-state index in [1.54, 1.807) is 0 Å². The molecule has 0 aromatic heterocycles. The van der Waals surface area contributed by atoms with E-state index in [0.717, 1.165) is 6.54 Å². The summed E-state index contributed by atoms with van der Waals surface area (Å²) in [6.45, 7) is 1.92. The topological polar surface area (TPSA) is 103 Å². The van der Waals surface area contributed by atoms with Crippen LogP contribution in [0.4, 0.5) is 5.69 Å². The molecule has 1 atom stereocenters. The lowest BCUT2D eigenvalue weighted by molar-refractivity contribution is -0.119. The number of anilines is 1. The first-order valence-electron chi connectivity index (χ1n) is 7.47. The number of morpholine rings is 1. The fraction of sp³-hybridized carbons (Fsp3) is 0.438. The Kier molecular flexibility index (Phi) is 8.33. The summed E-state index contributed by atoms with van der Waals surface area (Å²) in [6, 6.07) is 4.23. The van der Waals surface area contributed by atoms with Crippen molar-refractivity contribution in [2.75, 3.05) is 39.2 Å². The van der Waals surface area contributed by atoms with Gasteiger partial charge in [0.05, 0.1) is 44.5 Å². The number of nitrogens with one attached hydrogen (secondary N) is 2. The number of carbonyl (C=O) groups is 3. The van der Waals surface area contributed by atoms with Crippen molar-refractivity contribution in [2.45, 2.75) is 12.5 Å². The zero-order valence-electron chi connectivity index (χ0n) is 14.0. The summed E-state index contributed by atoms with van der Waals surface area (Å²) in [4.78, 5) is 35.6. The van der Waals surface area contributed by atoms with Crippen molar-refractivity contribution >= 4 is 35.9 Å². The molecule has 1 heterocycles. The van der Waals surface area contributed by atoms with Crippen LogP contribution in [0.5, 0.6) is 0 Å². The molecule has 1 aromatic carbocycles. The van der Waals surface area contributed by atoms with Gasteiger partial charge in [0.2, 0.25) is 5.91 Å². The van der Waals surface area contributed by atoms with Gasteiger partial charge in [-0.25, -0.2) is 9.59 Å². The van der Waals surface area contributed by atoms with Crippen LogP contribution in [0, 0.1) is 0 Å². The predicted molar refractivity (Wildman–Crippen MR) is 92.2 cm³/mol. The van der Waals surface area contributed by atoms with Gasteiger partial charge in [0.25, 0.3) is 0 Å². The van der Waals surface area contributed by atoms with Crippen LogP contribution in [0.3, 0.4) is 0 Å². The highest BCUT2D eigenvalue weighted by Gasteiger charge is 2.19. The maximum absolute atomic E-state index is 12.1. The van der Waals surface area contributed by atoms with Crippen LogP contribution in [0.25, 0.3) is 0 Å². The minimum atomic E-state index is -0.615. The van der Waals surface area contributed by atoms with Crippen LogP contribution in [-0.4, -0.2) is 57.9 Å². The second-order valence-corrected chi connectivity index (χ2v) is 5.23. The fourth-order valence-electron chi connectivity index (χ4n) is 2.34. The Morgan fingerprint density at radius 1 is 1.16 bits per heavy atom. The molecule has 9 heteroatoms. The first-order chi connectivity index (χ1) is 11.5. The van der Waals surface area contributed by atoms with E-state index in [2.05, 4.69) is 20.1 Å². The molecule has 0 aliphatic carbocycles. The van der Waals surface area contributed by atoms with E-state index in [4.69, 9.17) is 4.74 Å². The van der Waals surface area contributed by atoms with Gasteiger partial charge in [-0.3, -0.25) is 4.79 Å². The molecule has 0 bridgehead atoms. The maximum Gasteiger partial charge on any atom is 0.337 e. The molecule has 1 aliphatic heterocycles. The van der Waals surface area contributed by atoms with E-state index in [-0.39, 0.29) is 42.0 Å². The molecule has 2 rings (SSSR count).